The molecule has 1 aromatic carbocycles. The predicted molar refractivity (Wildman–Crippen MR) is 111 cm³/mol. The number of likely N-dealkylation sites (tertiary alicyclic amines) is 1. The number of aryl methyl sites for hydroxylation is 1. The van der Waals surface area contributed by atoms with Crippen LogP contribution in [-0.2, 0) is 16.0 Å². The maximum Gasteiger partial charge on any atom is 0.310 e. The Hall–Kier alpha value is -2.52. The van der Waals surface area contributed by atoms with Gasteiger partial charge in [0.05, 0.1) is 23.4 Å². The fourth-order valence-electron chi connectivity index (χ4n) is 4.02. The van der Waals surface area contributed by atoms with Crippen LogP contribution in [0.5, 0.6) is 5.88 Å². The molecule has 1 fully saturated rings. The molecule has 1 aliphatic rings. The van der Waals surface area contributed by atoms with E-state index in [1.165, 1.54) is 28.0 Å². The summed E-state index contributed by atoms with van der Waals surface area (Å²) in [5, 5.41) is 15.3. The number of ether oxygens (including phenoxy) is 1. The molecule has 0 amide bonds. The Bertz CT molecular complexity index is 1050. The van der Waals surface area contributed by atoms with Crippen molar-refractivity contribution in [3.63, 3.8) is 0 Å². The number of fused-ring (bicyclic) bond motifs is 1. The fourth-order valence-corrected chi connectivity index (χ4v) is 5.15. The van der Waals surface area contributed by atoms with Crippen LogP contribution in [0.15, 0.2) is 24.3 Å². The number of rotatable bonds is 6. The highest BCUT2D eigenvalue weighted by atomic mass is 32.1. The van der Waals surface area contributed by atoms with Crippen molar-refractivity contribution < 1.29 is 19.0 Å². The Morgan fingerprint density at radius 1 is 1.43 bits per heavy atom. The van der Waals surface area contributed by atoms with E-state index in [1.54, 1.807) is 13.0 Å². The number of thiazole rings is 1. The number of halogens is 1. The molecule has 3 heterocycles. The van der Waals surface area contributed by atoms with Crippen LogP contribution in [-0.4, -0.2) is 50.3 Å². The minimum atomic E-state index is -0.406. The molecule has 0 radical (unpaired) electrons. The third-order valence-electron chi connectivity index (χ3n) is 5.41. The minimum Gasteiger partial charge on any atom is -0.492 e. The van der Waals surface area contributed by atoms with Gasteiger partial charge in [0, 0.05) is 13.0 Å². The number of esters is 1. The van der Waals surface area contributed by atoms with Gasteiger partial charge in [0.25, 0.3) is 0 Å². The SMILES string of the molecule is CCOC(=O)[C@@H]1CCCN([C@@H](c2cccc(F)c2)c2sc3nc(CC)nn3c2O)C1. The van der Waals surface area contributed by atoms with E-state index in [9.17, 15) is 14.3 Å². The molecule has 0 spiro atoms. The standard InChI is InChI=1S/C21H25FN4O3S/c1-3-16-23-21-26(24-16)19(27)18(30-21)17(13-7-5-9-15(22)11-13)25-10-6-8-14(12-25)20(28)29-4-2/h5,7,9,11,14,17,27H,3-4,6,8,10,12H2,1-2H3/t14-,17+/m1/s1. The van der Waals surface area contributed by atoms with Gasteiger partial charge in [-0.3, -0.25) is 9.69 Å². The Morgan fingerprint density at radius 2 is 2.27 bits per heavy atom. The summed E-state index contributed by atoms with van der Waals surface area (Å²) in [4.78, 5) is 20.2. The van der Waals surface area contributed by atoms with Gasteiger partial charge >= 0.3 is 5.97 Å². The van der Waals surface area contributed by atoms with Crippen LogP contribution in [0.1, 0.15) is 49.0 Å². The summed E-state index contributed by atoms with van der Waals surface area (Å²) < 4.78 is 20.7. The summed E-state index contributed by atoms with van der Waals surface area (Å²) in [5.74, 6) is -0.130. The van der Waals surface area contributed by atoms with Gasteiger partial charge < -0.3 is 9.84 Å². The number of nitrogens with zero attached hydrogens (tertiary/aromatic N) is 4. The maximum atomic E-state index is 14.1. The third-order valence-corrected chi connectivity index (χ3v) is 6.48. The van der Waals surface area contributed by atoms with Gasteiger partial charge in [-0.25, -0.2) is 9.37 Å². The molecule has 1 saturated heterocycles. The van der Waals surface area contributed by atoms with Crippen molar-refractivity contribution in [2.45, 2.75) is 39.2 Å². The van der Waals surface area contributed by atoms with E-state index in [0.29, 0.717) is 35.2 Å². The number of carbonyl (C=O) groups excluding carboxylic acids is 1. The number of hydrogen-bond acceptors (Lipinski definition) is 7. The minimum absolute atomic E-state index is 0.00900. The summed E-state index contributed by atoms with van der Waals surface area (Å²) in [6, 6.07) is 5.97. The molecule has 9 heteroatoms. The topological polar surface area (TPSA) is 80.0 Å². The van der Waals surface area contributed by atoms with Crippen molar-refractivity contribution in [1.29, 1.82) is 0 Å². The lowest BCUT2D eigenvalue weighted by Gasteiger charge is -2.37. The summed E-state index contributed by atoms with van der Waals surface area (Å²) in [6.45, 7) is 5.30. The molecule has 1 N–H and O–H groups in total. The smallest absolute Gasteiger partial charge is 0.310 e. The highest BCUT2D eigenvalue weighted by Crippen LogP contribution is 2.41. The monoisotopic (exact) mass is 432 g/mol. The first-order valence-corrected chi connectivity index (χ1v) is 11.1. The van der Waals surface area contributed by atoms with E-state index < -0.39 is 6.04 Å². The molecule has 0 saturated carbocycles. The largest absolute Gasteiger partial charge is 0.492 e. The molecule has 1 aliphatic heterocycles. The van der Waals surface area contributed by atoms with Crippen LogP contribution >= 0.6 is 11.3 Å². The van der Waals surface area contributed by atoms with E-state index in [4.69, 9.17) is 4.74 Å². The van der Waals surface area contributed by atoms with Crippen LogP contribution < -0.4 is 0 Å². The molecular weight excluding hydrogens is 407 g/mol. The van der Waals surface area contributed by atoms with Crippen molar-refractivity contribution in [2.24, 2.45) is 5.92 Å². The molecule has 0 bridgehead atoms. The summed E-state index contributed by atoms with van der Waals surface area (Å²) in [5.41, 5.74) is 0.718. The molecule has 3 aromatic rings. The Labute approximate surface area is 178 Å². The maximum absolute atomic E-state index is 14.1. The predicted octanol–water partition coefficient (Wildman–Crippen LogP) is 3.56. The van der Waals surface area contributed by atoms with Crippen molar-refractivity contribution in [3.05, 3.63) is 46.3 Å². The lowest BCUT2D eigenvalue weighted by Crippen LogP contribution is -2.41. The number of aromatic nitrogens is 3. The molecule has 0 aliphatic carbocycles. The first-order valence-electron chi connectivity index (χ1n) is 10.2. The zero-order valence-corrected chi connectivity index (χ0v) is 17.9. The average molecular weight is 433 g/mol. The first-order chi connectivity index (χ1) is 14.5. The highest BCUT2D eigenvalue weighted by Gasteiger charge is 2.35. The molecule has 0 unspecified atom stereocenters. The van der Waals surface area contributed by atoms with Crippen molar-refractivity contribution in [3.8, 4) is 5.88 Å². The highest BCUT2D eigenvalue weighted by molar-refractivity contribution is 7.17. The lowest BCUT2D eigenvalue weighted by atomic mass is 9.94. The number of benzene rings is 1. The van der Waals surface area contributed by atoms with Gasteiger partial charge in [-0.05, 0) is 44.0 Å². The van der Waals surface area contributed by atoms with Gasteiger partial charge in [0.2, 0.25) is 10.8 Å². The van der Waals surface area contributed by atoms with Crippen molar-refractivity contribution in [2.75, 3.05) is 19.7 Å². The summed E-state index contributed by atoms with van der Waals surface area (Å²) >= 11 is 1.34. The quantitative estimate of drug-likeness (QED) is 0.600. The van der Waals surface area contributed by atoms with Gasteiger partial charge in [-0.1, -0.05) is 30.4 Å². The fraction of sp³-hybridized carbons (Fsp3) is 0.476. The normalized spacial score (nSPS) is 18.6. The molecule has 4 rings (SSSR count). The molecular formula is C21H25FN4O3S. The van der Waals surface area contributed by atoms with Crippen LogP contribution in [0.25, 0.3) is 4.96 Å². The number of hydrogen-bond donors (Lipinski definition) is 1. The molecule has 7 nitrogen and oxygen atoms in total. The molecule has 30 heavy (non-hydrogen) atoms. The Kier molecular flexibility index (Phi) is 6.01. The van der Waals surface area contributed by atoms with Crippen LogP contribution in [0.2, 0.25) is 0 Å². The van der Waals surface area contributed by atoms with E-state index in [2.05, 4.69) is 15.0 Å². The average Bonchev–Trinajstić information content (AvgIpc) is 3.28. The van der Waals surface area contributed by atoms with E-state index in [1.807, 2.05) is 13.0 Å². The molecule has 2 atom stereocenters. The van der Waals surface area contributed by atoms with E-state index >= 15 is 0 Å². The lowest BCUT2D eigenvalue weighted by molar-refractivity contribution is -0.150. The van der Waals surface area contributed by atoms with Gasteiger partial charge in [0.15, 0.2) is 5.82 Å². The number of aromatic hydroxyl groups is 1. The zero-order chi connectivity index (χ0) is 21.3. The van der Waals surface area contributed by atoms with E-state index in [-0.39, 0.29) is 23.6 Å². The van der Waals surface area contributed by atoms with Crippen LogP contribution in [0.4, 0.5) is 4.39 Å². The van der Waals surface area contributed by atoms with Crippen molar-refractivity contribution in [1.82, 2.24) is 19.5 Å². The zero-order valence-electron chi connectivity index (χ0n) is 17.0. The Morgan fingerprint density at radius 3 is 2.97 bits per heavy atom. The van der Waals surface area contributed by atoms with E-state index in [0.717, 1.165) is 24.9 Å². The third kappa shape index (κ3) is 3.91. The van der Waals surface area contributed by atoms with Gasteiger partial charge in [-0.15, -0.1) is 5.10 Å². The molecule has 160 valence electrons. The number of carbonyl (C=O) groups is 1. The van der Waals surface area contributed by atoms with Crippen molar-refractivity contribution >= 4 is 22.3 Å². The summed E-state index contributed by atoms with van der Waals surface area (Å²) in [6.07, 6.45) is 2.24. The van der Waals surface area contributed by atoms with Crippen LogP contribution in [0, 0.1) is 11.7 Å². The van der Waals surface area contributed by atoms with Crippen LogP contribution in [0.3, 0.4) is 0 Å². The first kappa shape index (κ1) is 20.7. The second-order valence-corrected chi connectivity index (χ2v) is 8.42. The Balaban J connectivity index is 1.75. The second kappa shape index (κ2) is 8.69. The van der Waals surface area contributed by atoms with Gasteiger partial charge in [-0.2, -0.15) is 4.52 Å². The number of piperidine rings is 1. The molecule has 2 aromatic heterocycles. The summed E-state index contributed by atoms with van der Waals surface area (Å²) in [7, 11) is 0. The second-order valence-electron chi connectivity index (χ2n) is 7.41. The van der Waals surface area contributed by atoms with Gasteiger partial charge in [0.1, 0.15) is 5.82 Å².